The van der Waals surface area contributed by atoms with Crippen LogP contribution in [0.5, 0.6) is 0 Å². The van der Waals surface area contributed by atoms with Crippen molar-refractivity contribution in [3.63, 3.8) is 0 Å². The Hall–Kier alpha value is -3.21. The lowest BCUT2D eigenvalue weighted by molar-refractivity contribution is 0.0728. The average molecular weight is 372 g/mol. The van der Waals surface area contributed by atoms with Gasteiger partial charge in [-0.05, 0) is 43.0 Å². The van der Waals surface area contributed by atoms with E-state index in [0.29, 0.717) is 31.3 Å². The zero-order chi connectivity index (χ0) is 19.5. The number of hydrogen-bond acceptors (Lipinski definition) is 4. The Balaban J connectivity index is 1.49. The second kappa shape index (κ2) is 7.80. The molecular weight excluding hydrogens is 348 g/mol. The van der Waals surface area contributed by atoms with Crippen molar-refractivity contribution in [2.75, 3.05) is 11.9 Å². The van der Waals surface area contributed by atoms with Crippen LogP contribution in [0.3, 0.4) is 0 Å². The number of anilines is 1. The molecule has 1 amide bonds. The van der Waals surface area contributed by atoms with Gasteiger partial charge in [-0.15, -0.1) is 0 Å². The molecule has 1 N–H and O–H groups in total. The van der Waals surface area contributed by atoms with E-state index in [1.807, 2.05) is 17.9 Å². The van der Waals surface area contributed by atoms with Crippen molar-refractivity contribution < 1.29 is 4.79 Å². The van der Waals surface area contributed by atoms with Crippen molar-refractivity contribution in [1.29, 1.82) is 0 Å². The molecule has 0 spiro atoms. The molecule has 0 atom stereocenters. The molecule has 0 radical (unpaired) electrons. The van der Waals surface area contributed by atoms with E-state index in [4.69, 9.17) is 0 Å². The van der Waals surface area contributed by atoms with E-state index in [1.54, 1.807) is 6.07 Å². The Bertz CT molecular complexity index is 998. The third kappa shape index (κ3) is 4.03. The quantitative estimate of drug-likeness (QED) is 0.754. The van der Waals surface area contributed by atoms with Crippen LogP contribution in [0, 0.1) is 13.8 Å². The lowest BCUT2D eigenvalue weighted by Gasteiger charge is -2.28. The number of rotatable bonds is 4. The monoisotopic (exact) mass is 372 g/mol. The van der Waals surface area contributed by atoms with Gasteiger partial charge in [-0.25, -0.2) is 9.97 Å². The molecule has 3 aromatic rings. The Morgan fingerprint density at radius 2 is 1.79 bits per heavy atom. The normalized spacial score (nSPS) is 13.1. The number of aryl methyl sites for hydroxylation is 2. The molecule has 28 heavy (non-hydrogen) atoms. The first-order valence-corrected chi connectivity index (χ1v) is 9.59. The van der Waals surface area contributed by atoms with Gasteiger partial charge in [0.2, 0.25) is 5.95 Å². The Labute approximate surface area is 165 Å². The highest BCUT2D eigenvalue weighted by atomic mass is 16.2. The minimum Gasteiger partial charge on any atom is -0.350 e. The van der Waals surface area contributed by atoms with Crippen molar-refractivity contribution in [2.24, 2.45) is 0 Å². The zero-order valence-electron chi connectivity index (χ0n) is 16.3. The third-order valence-electron chi connectivity index (χ3n) is 5.06. The van der Waals surface area contributed by atoms with E-state index in [1.165, 1.54) is 16.7 Å². The topological polar surface area (TPSA) is 58.1 Å². The molecule has 5 nitrogen and oxygen atoms in total. The molecule has 0 unspecified atom stereocenters. The highest BCUT2D eigenvalue weighted by Crippen LogP contribution is 2.20. The van der Waals surface area contributed by atoms with Crippen LogP contribution in [0.1, 0.15) is 38.4 Å². The van der Waals surface area contributed by atoms with Crippen LogP contribution in [-0.4, -0.2) is 27.3 Å². The molecule has 0 saturated heterocycles. The van der Waals surface area contributed by atoms with Gasteiger partial charge in [0.05, 0.1) is 0 Å². The van der Waals surface area contributed by atoms with E-state index < -0.39 is 0 Å². The number of carbonyl (C=O) groups is 1. The van der Waals surface area contributed by atoms with Crippen LogP contribution < -0.4 is 5.32 Å². The van der Waals surface area contributed by atoms with E-state index in [-0.39, 0.29) is 5.91 Å². The second-order valence-corrected chi connectivity index (χ2v) is 7.30. The van der Waals surface area contributed by atoms with Gasteiger partial charge >= 0.3 is 0 Å². The van der Waals surface area contributed by atoms with Crippen LogP contribution in [0.15, 0.2) is 54.6 Å². The van der Waals surface area contributed by atoms with Crippen molar-refractivity contribution in [3.8, 4) is 0 Å². The van der Waals surface area contributed by atoms with E-state index in [2.05, 4.69) is 64.7 Å². The van der Waals surface area contributed by atoms with Crippen molar-refractivity contribution >= 4 is 11.9 Å². The first-order chi connectivity index (χ1) is 13.6. The summed E-state index contributed by atoms with van der Waals surface area (Å²) in [5.41, 5.74) is 6.14. The smallest absolute Gasteiger partial charge is 0.272 e. The van der Waals surface area contributed by atoms with Crippen LogP contribution in [0.25, 0.3) is 0 Å². The molecule has 1 aliphatic heterocycles. The molecule has 4 rings (SSSR count). The number of nitrogens with zero attached hydrogens (tertiary/aromatic N) is 3. The maximum atomic E-state index is 13.0. The fourth-order valence-corrected chi connectivity index (χ4v) is 3.48. The second-order valence-electron chi connectivity index (χ2n) is 7.30. The predicted octanol–water partition coefficient (Wildman–Crippen LogP) is 3.90. The predicted molar refractivity (Wildman–Crippen MR) is 110 cm³/mol. The summed E-state index contributed by atoms with van der Waals surface area (Å²) in [5.74, 6) is 0.444. The fraction of sp³-hybridized carbons (Fsp3) is 0.261. The summed E-state index contributed by atoms with van der Waals surface area (Å²) in [6.07, 6.45) is 0.879. The van der Waals surface area contributed by atoms with Gasteiger partial charge in [0, 0.05) is 25.3 Å². The summed E-state index contributed by atoms with van der Waals surface area (Å²) >= 11 is 0. The molecule has 1 aliphatic rings. The van der Waals surface area contributed by atoms with Gasteiger partial charge in [0.15, 0.2) is 0 Å². The summed E-state index contributed by atoms with van der Waals surface area (Å²) in [6, 6.07) is 18.4. The number of amides is 1. The standard InChI is InChI=1S/C23H24N4O/c1-16-7-9-18(10-8-16)14-24-23-25-17(2)13-21(26-23)22(28)27-12-11-19-5-3-4-6-20(19)15-27/h3-10,13H,11-12,14-15H2,1-2H3,(H,24,25,26). The molecule has 1 aromatic heterocycles. The van der Waals surface area contributed by atoms with Gasteiger partial charge in [0.1, 0.15) is 5.69 Å². The molecular formula is C23H24N4O. The van der Waals surface area contributed by atoms with Crippen LogP contribution in [-0.2, 0) is 19.5 Å². The van der Waals surface area contributed by atoms with Crippen LogP contribution in [0.4, 0.5) is 5.95 Å². The molecule has 142 valence electrons. The summed E-state index contributed by atoms with van der Waals surface area (Å²) in [5, 5.41) is 3.24. The Morgan fingerprint density at radius 1 is 1.04 bits per heavy atom. The van der Waals surface area contributed by atoms with Crippen LogP contribution >= 0.6 is 0 Å². The third-order valence-corrected chi connectivity index (χ3v) is 5.06. The lowest BCUT2D eigenvalue weighted by Crippen LogP contribution is -2.36. The maximum Gasteiger partial charge on any atom is 0.272 e. The van der Waals surface area contributed by atoms with Crippen molar-refractivity contribution in [1.82, 2.24) is 14.9 Å². The minimum absolute atomic E-state index is 0.0432. The Morgan fingerprint density at radius 3 is 2.57 bits per heavy atom. The highest BCUT2D eigenvalue weighted by molar-refractivity contribution is 5.92. The van der Waals surface area contributed by atoms with Gasteiger partial charge in [-0.1, -0.05) is 54.1 Å². The number of benzene rings is 2. The van der Waals surface area contributed by atoms with E-state index in [9.17, 15) is 4.79 Å². The van der Waals surface area contributed by atoms with Crippen molar-refractivity contribution in [2.45, 2.75) is 33.4 Å². The summed E-state index contributed by atoms with van der Waals surface area (Å²) < 4.78 is 0. The summed E-state index contributed by atoms with van der Waals surface area (Å²) in [4.78, 5) is 23.8. The maximum absolute atomic E-state index is 13.0. The lowest BCUT2D eigenvalue weighted by atomic mass is 10.00. The van der Waals surface area contributed by atoms with Gasteiger partial charge < -0.3 is 10.2 Å². The SMILES string of the molecule is Cc1ccc(CNc2nc(C)cc(C(=O)N3CCc4ccccc4C3)n2)cc1. The molecule has 0 fully saturated rings. The highest BCUT2D eigenvalue weighted by Gasteiger charge is 2.23. The molecule has 0 aliphatic carbocycles. The van der Waals surface area contributed by atoms with Gasteiger partial charge in [-0.3, -0.25) is 4.79 Å². The van der Waals surface area contributed by atoms with Gasteiger partial charge in [-0.2, -0.15) is 0 Å². The number of aromatic nitrogens is 2. The Kier molecular flexibility index (Phi) is 5.06. The van der Waals surface area contributed by atoms with E-state index in [0.717, 1.165) is 17.7 Å². The average Bonchev–Trinajstić information content (AvgIpc) is 2.72. The first kappa shape index (κ1) is 18.2. The van der Waals surface area contributed by atoms with Crippen LogP contribution in [0.2, 0.25) is 0 Å². The largest absolute Gasteiger partial charge is 0.350 e. The number of fused-ring (bicyclic) bond motifs is 1. The number of carbonyl (C=O) groups excluding carboxylic acids is 1. The molecule has 0 saturated carbocycles. The fourth-order valence-electron chi connectivity index (χ4n) is 3.48. The number of hydrogen-bond donors (Lipinski definition) is 1. The first-order valence-electron chi connectivity index (χ1n) is 9.59. The molecule has 0 bridgehead atoms. The number of nitrogens with one attached hydrogen (secondary N) is 1. The van der Waals surface area contributed by atoms with E-state index >= 15 is 0 Å². The van der Waals surface area contributed by atoms with Gasteiger partial charge in [0.25, 0.3) is 5.91 Å². The molecule has 5 heteroatoms. The molecule has 2 aromatic carbocycles. The summed E-state index contributed by atoms with van der Waals surface area (Å²) in [7, 11) is 0. The minimum atomic E-state index is -0.0432. The summed E-state index contributed by atoms with van der Waals surface area (Å²) in [6.45, 7) is 5.92. The zero-order valence-corrected chi connectivity index (χ0v) is 16.3. The van der Waals surface area contributed by atoms with Crippen molar-refractivity contribution in [3.05, 3.63) is 88.2 Å². The molecule has 2 heterocycles.